The molecule has 0 amide bonds. The molecule has 0 aromatic carbocycles. The Morgan fingerprint density at radius 3 is 2.36 bits per heavy atom. The summed E-state index contributed by atoms with van der Waals surface area (Å²) in [4.78, 5) is 0. The number of allylic oxidation sites excluding steroid dienone is 1. The monoisotopic (exact) mass is 154 g/mol. The molecule has 0 saturated carbocycles. The highest BCUT2D eigenvalue weighted by atomic mass is 14.1. The molecule has 0 aromatic rings. The van der Waals surface area contributed by atoms with Gasteiger partial charge in [0.25, 0.3) is 0 Å². The Labute approximate surface area is 71.7 Å². The van der Waals surface area contributed by atoms with Crippen molar-refractivity contribution in [1.29, 1.82) is 0 Å². The standard InChI is InChI=1S/C11H22/c1-5-7-11(8-6-2)9-10(3)4/h5,10-11H,1,6-9H2,2-4H3. The minimum Gasteiger partial charge on any atom is -0.103 e. The molecule has 0 fully saturated rings. The van der Waals surface area contributed by atoms with Gasteiger partial charge in [-0.3, -0.25) is 0 Å². The van der Waals surface area contributed by atoms with Crippen LogP contribution in [0.5, 0.6) is 0 Å². The maximum atomic E-state index is 3.79. The quantitative estimate of drug-likeness (QED) is 0.507. The Morgan fingerprint density at radius 2 is 2.00 bits per heavy atom. The molecule has 0 spiro atoms. The summed E-state index contributed by atoms with van der Waals surface area (Å²) in [6, 6.07) is 0. The fourth-order valence-electron chi connectivity index (χ4n) is 1.64. The molecule has 0 aliphatic carbocycles. The summed E-state index contributed by atoms with van der Waals surface area (Å²) in [7, 11) is 0. The van der Waals surface area contributed by atoms with Crippen LogP contribution in [-0.2, 0) is 0 Å². The molecule has 0 heteroatoms. The molecule has 11 heavy (non-hydrogen) atoms. The van der Waals surface area contributed by atoms with E-state index in [4.69, 9.17) is 0 Å². The molecule has 0 aromatic heterocycles. The van der Waals surface area contributed by atoms with Gasteiger partial charge in [0.2, 0.25) is 0 Å². The zero-order valence-corrected chi connectivity index (χ0v) is 8.27. The predicted molar refractivity (Wildman–Crippen MR) is 52.7 cm³/mol. The summed E-state index contributed by atoms with van der Waals surface area (Å²) in [5.74, 6) is 1.73. The molecule has 66 valence electrons. The van der Waals surface area contributed by atoms with Gasteiger partial charge >= 0.3 is 0 Å². The smallest absolute Gasteiger partial charge is 0.0325 e. The first-order valence-corrected chi connectivity index (χ1v) is 4.81. The summed E-state index contributed by atoms with van der Waals surface area (Å²) in [5, 5.41) is 0. The van der Waals surface area contributed by atoms with E-state index in [1.807, 2.05) is 0 Å². The Bertz CT molecular complexity index is 92.2. The van der Waals surface area contributed by atoms with Crippen molar-refractivity contribution in [3.05, 3.63) is 12.7 Å². The largest absolute Gasteiger partial charge is 0.103 e. The maximum Gasteiger partial charge on any atom is -0.0325 e. The second kappa shape index (κ2) is 6.45. The molecular formula is C11H22. The molecule has 0 bridgehead atoms. The summed E-state index contributed by atoms with van der Waals surface area (Å²) >= 11 is 0. The van der Waals surface area contributed by atoms with Crippen molar-refractivity contribution in [1.82, 2.24) is 0 Å². The van der Waals surface area contributed by atoms with Gasteiger partial charge in [0.1, 0.15) is 0 Å². The van der Waals surface area contributed by atoms with Gasteiger partial charge in [-0.1, -0.05) is 39.7 Å². The first-order chi connectivity index (χ1) is 5.20. The molecule has 1 atom stereocenters. The highest BCUT2D eigenvalue weighted by molar-refractivity contribution is 4.73. The highest BCUT2D eigenvalue weighted by Crippen LogP contribution is 2.20. The van der Waals surface area contributed by atoms with Crippen LogP contribution in [0.3, 0.4) is 0 Å². The van der Waals surface area contributed by atoms with Gasteiger partial charge in [0.05, 0.1) is 0 Å². The molecule has 0 rings (SSSR count). The SMILES string of the molecule is C=CCC(CCC)CC(C)C. The van der Waals surface area contributed by atoms with Crippen LogP contribution in [0.15, 0.2) is 12.7 Å². The van der Waals surface area contributed by atoms with Gasteiger partial charge in [-0.15, -0.1) is 6.58 Å². The second-order valence-electron chi connectivity index (χ2n) is 3.81. The third-order valence-electron chi connectivity index (χ3n) is 2.00. The van der Waals surface area contributed by atoms with Crippen LogP contribution in [0.25, 0.3) is 0 Å². The van der Waals surface area contributed by atoms with E-state index in [9.17, 15) is 0 Å². The Kier molecular flexibility index (Phi) is 6.30. The fraction of sp³-hybridized carbons (Fsp3) is 0.818. The Hall–Kier alpha value is -0.260. The van der Waals surface area contributed by atoms with E-state index in [2.05, 4.69) is 33.4 Å². The topological polar surface area (TPSA) is 0 Å². The zero-order chi connectivity index (χ0) is 8.69. The van der Waals surface area contributed by atoms with Crippen molar-refractivity contribution in [2.45, 2.75) is 46.5 Å². The van der Waals surface area contributed by atoms with E-state index in [-0.39, 0.29) is 0 Å². The number of rotatable bonds is 6. The molecule has 1 unspecified atom stereocenters. The van der Waals surface area contributed by atoms with E-state index < -0.39 is 0 Å². The van der Waals surface area contributed by atoms with Crippen LogP contribution in [0, 0.1) is 11.8 Å². The Morgan fingerprint density at radius 1 is 1.36 bits per heavy atom. The molecule has 0 aliphatic rings. The van der Waals surface area contributed by atoms with Gasteiger partial charge in [-0.2, -0.15) is 0 Å². The molecule has 0 heterocycles. The maximum absolute atomic E-state index is 3.79. The van der Waals surface area contributed by atoms with Crippen LogP contribution in [-0.4, -0.2) is 0 Å². The highest BCUT2D eigenvalue weighted by Gasteiger charge is 2.07. The summed E-state index contributed by atoms with van der Waals surface area (Å²) < 4.78 is 0. The lowest BCUT2D eigenvalue weighted by Gasteiger charge is -2.15. The van der Waals surface area contributed by atoms with Gasteiger partial charge in [0.15, 0.2) is 0 Å². The van der Waals surface area contributed by atoms with Crippen LogP contribution < -0.4 is 0 Å². The second-order valence-corrected chi connectivity index (χ2v) is 3.81. The molecular weight excluding hydrogens is 132 g/mol. The third-order valence-corrected chi connectivity index (χ3v) is 2.00. The number of hydrogen-bond donors (Lipinski definition) is 0. The predicted octanol–water partition coefficient (Wildman–Crippen LogP) is 4.02. The lowest BCUT2D eigenvalue weighted by molar-refractivity contribution is 0.386. The van der Waals surface area contributed by atoms with E-state index in [0.29, 0.717) is 0 Å². The molecule has 0 aliphatic heterocycles. The van der Waals surface area contributed by atoms with Crippen molar-refractivity contribution in [2.24, 2.45) is 11.8 Å². The summed E-state index contributed by atoms with van der Waals surface area (Å²) in [6.07, 6.45) is 7.30. The van der Waals surface area contributed by atoms with Gasteiger partial charge in [-0.25, -0.2) is 0 Å². The van der Waals surface area contributed by atoms with Gasteiger partial charge in [0, 0.05) is 0 Å². The molecule has 0 N–H and O–H groups in total. The molecule has 0 saturated heterocycles. The van der Waals surface area contributed by atoms with Gasteiger partial charge in [-0.05, 0) is 24.7 Å². The van der Waals surface area contributed by atoms with Crippen molar-refractivity contribution in [2.75, 3.05) is 0 Å². The van der Waals surface area contributed by atoms with Crippen LogP contribution in [0.4, 0.5) is 0 Å². The van der Waals surface area contributed by atoms with Crippen molar-refractivity contribution >= 4 is 0 Å². The molecule has 0 radical (unpaired) electrons. The molecule has 0 nitrogen and oxygen atoms in total. The first kappa shape index (κ1) is 10.7. The van der Waals surface area contributed by atoms with Gasteiger partial charge < -0.3 is 0 Å². The lowest BCUT2D eigenvalue weighted by Crippen LogP contribution is -2.02. The van der Waals surface area contributed by atoms with Crippen molar-refractivity contribution in [3.63, 3.8) is 0 Å². The van der Waals surface area contributed by atoms with Crippen molar-refractivity contribution < 1.29 is 0 Å². The van der Waals surface area contributed by atoms with Crippen molar-refractivity contribution in [3.8, 4) is 0 Å². The lowest BCUT2D eigenvalue weighted by atomic mass is 9.90. The van der Waals surface area contributed by atoms with Crippen LogP contribution in [0.1, 0.15) is 46.5 Å². The van der Waals surface area contributed by atoms with E-state index in [1.165, 1.54) is 25.7 Å². The number of hydrogen-bond acceptors (Lipinski definition) is 0. The average Bonchev–Trinajstić information content (AvgIpc) is 1.87. The minimum atomic E-state index is 0.839. The normalized spacial score (nSPS) is 13.5. The fourth-order valence-corrected chi connectivity index (χ4v) is 1.64. The zero-order valence-electron chi connectivity index (χ0n) is 8.27. The van der Waals surface area contributed by atoms with E-state index >= 15 is 0 Å². The summed E-state index contributed by atoms with van der Waals surface area (Å²) in [6.45, 7) is 10.6. The van der Waals surface area contributed by atoms with E-state index in [0.717, 1.165) is 11.8 Å². The van der Waals surface area contributed by atoms with Crippen LogP contribution >= 0.6 is 0 Å². The van der Waals surface area contributed by atoms with E-state index in [1.54, 1.807) is 0 Å². The third kappa shape index (κ3) is 6.15. The average molecular weight is 154 g/mol. The minimum absolute atomic E-state index is 0.839. The summed E-state index contributed by atoms with van der Waals surface area (Å²) in [5.41, 5.74) is 0. The Balaban J connectivity index is 3.58. The first-order valence-electron chi connectivity index (χ1n) is 4.81. The van der Waals surface area contributed by atoms with Crippen LogP contribution in [0.2, 0.25) is 0 Å².